The van der Waals surface area contributed by atoms with Gasteiger partial charge in [0.2, 0.25) is 41.4 Å². The van der Waals surface area contributed by atoms with Crippen LogP contribution >= 0.6 is 0 Å². The lowest BCUT2D eigenvalue weighted by Crippen LogP contribution is -2.59. The highest BCUT2D eigenvalue weighted by Crippen LogP contribution is 2.13. The maximum atomic E-state index is 14.0. The minimum Gasteiger partial charge on any atom is -0.508 e. The number of nitrogens with two attached hydrogens (primary N) is 3. The Balaban J connectivity index is 1.74. The lowest BCUT2D eigenvalue weighted by molar-refractivity contribution is -0.143. The van der Waals surface area contributed by atoms with E-state index < -0.39 is 121 Å². The number of carboxylic acids is 2. The third-order valence-corrected chi connectivity index (χ3v) is 11.1. The minimum atomic E-state index is -1.59. The molecule has 0 aliphatic heterocycles. The van der Waals surface area contributed by atoms with E-state index in [1.807, 2.05) is 6.07 Å². The fourth-order valence-electron chi connectivity index (χ4n) is 7.27. The van der Waals surface area contributed by atoms with Crippen molar-refractivity contribution < 1.29 is 58.5 Å². The summed E-state index contributed by atoms with van der Waals surface area (Å²) in [7, 11) is 0. The Labute approximate surface area is 422 Å². The quantitative estimate of drug-likeness (QED) is 0.0192. The number of aliphatic imine (C=N–C) groups is 1. The van der Waals surface area contributed by atoms with Gasteiger partial charge in [-0.25, -0.2) is 9.78 Å². The van der Waals surface area contributed by atoms with Gasteiger partial charge in [0.05, 0.1) is 18.9 Å². The second-order valence-electron chi connectivity index (χ2n) is 18.1. The van der Waals surface area contributed by atoms with Crippen molar-refractivity contribution in [3.05, 3.63) is 83.9 Å². The molecule has 3 aromatic rings. The minimum absolute atomic E-state index is 0.0428. The van der Waals surface area contributed by atoms with Crippen molar-refractivity contribution in [3.8, 4) is 5.75 Å². The number of carboxylic acid groups (broad SMARTS) is 2. The number of aliphatic carboxylic acids is 2. The molecule has 17 N–H and O–H groups in total. The Morgan fingerprint density at radius 2 is 1.23 bits per heavy atom. The van der Waals surface area contributed by atoms with Crippen LogP contribution in [0.5, 0.6) is 5.75 Å². The number of nitrogens with one attached hydrogen (secondary N) is 8. The number of guanidine groups is 1. The van der Waals surface area contributed by atoms with Crippen LogP contribution in [-0.2, 0) is 62.4 Å². The summed E-state index contributed by atoms with van der Waals surface area (Å²) in [5.41, 5.74) is 18.7. The zero-order valence-corrected chi connectivity index (χ0v) is 41.3. The number of benzene rings is 2. The summed E-state index contributed by atoms with van der Waals surface area (Å²) in [6.07, 6.45) is 1.73. The molecule has 0 saturated carbocycles. The average Bonchev–Trinajstić information content (AvgIpc) is 3.85. The van der Waals surface area contributed by atoms with Crippen molar-refractivity contribution in [1.82, 2.24) is 47.2 Å². The van der Waals surface area contributed by atoms with Gasteiger partial charge in [-0.1, -0.05) is 70.2 Å². The highest BCUT2D eigenvalue weighted by atomic mass is 16.4. The number of carbonyl (C=O) groups is 9. The second kappa shape index (κ2) is 29.9. The third-order valence-electron chi connectivity index (χ3n) is 11.1. The Hall–Kier alpha value is -8.09. The van der Waals surface area contributed by atoms with E-state index in [0.29, 0.717) is 11.3 Å². The molecule has 398 valence electrons. The van der Waals surface area contributed by atoms with Gasteiger partial charge in [-0.2, -0.15) is 0 Å². The van der Waals surface area contributed by atoms with Crippen LogP contribution in [0.1, 0.15) is 76.6 Å². The molecule has 0 aliphatic rings. The summed E-state index contributed by atoms with van der Waals surface area (Å²) in [5, 5.41) is 46.7. The van der Waals surface area contributed by atoms with Crippen molar-refractivity contribution >= 4 is 59.2 Å². The molecule has 0 aliphatic carbocycles. The summed E-state index contributed by atoms with van der Waals surface area (Å²) < 4.78 is 0. The average molecular weight is 1020 g/mol. The number of aromatic hydroxyl groups is 1. The number of hydrogen-bond donors (Lipinski definition) is 14. The molecule has 7 amide bonds. The van der Waals surface area contributed by atoms with E-state index in [9.17, 15) is 58.5 Å². The first-order chi connectivity index (χ1) is 34.5. The number of amides is 7. The Morgan fingerprint density at radius 1 is 0.658 bits per heavy atom. The van der Waals surface area contributed by atoms with Crippen LogP contribution in [0, 0.1) is 11.8 Å². The zero-order chi connectivity index (χ0) is 54.2. The van der Waals surface area contributed by atoms with Crippen LogP contribution in [0.3, 0.4) is 0 Å². The second-order valence-corrected chi connectivity index (χ2v) is 18.1. The first-order valence-electron chi connectivity index (χ1n) is 23.7. The van der Waals surface area contributed by atoms with Crippen LogP contribution in [-0.4, -0.2) is 140 Å². The molecular formula is C48H69N13O12. The number of nitrogens with zero attached hydrogens (tertiary/aromatic N) is 2. The van der Waals surface area contributed by atoms with E-state index in [4.69, 9.17) is 17.2 Å². The van der Waals surface area contributed by atoms with Crippen LogP contribution in [0.4, 0.5) is 0 Å². The number of rotatable bonds is 31. The van der Waals surface area contributed by atoms with Gasteiger partial charge in [-0.05, 0) is 67.2 Å². The van der Waals surface area contributed by atoms with E-state index >= 15 is 0 Å². The standard InChI is InChI=1S/C48H69N13O12/c1-26(2)19-35(56-38(63)24-54-46(71)40(27(3)4)61-43(68)33(11-8-18-53-48(50)51)57-41(66)32(49)20-28-9-6-5-7-10-28)44(69)59-36(22-30-23-52-25-55-30)45(70)58-34(16-17-39(64)65)42(67)60-37(47(72)73)21-29-12-14-31(62)15-13-29/h5-7,9-10,12-15,23,25-27,32-37,40,62H,8,11,16-22,24,49H2,1-4H3,(H,52,55)(H,54,71)(H,56,63)(H,57,66)(H,58,70)(H,59,69)(H,60,67)(H,61,68)(H,64,65)(H,72,73)(H4,50,51,53)/t32-,33-,34-,35-,36-,37-,40-/m0/s1. The predicted octanol–water partition coefficient (Wildman–Crippen LogP) is -1.80. The van der Waals surface area contributed by atoms with E-state index in [1.54, 1.807) is 52.0 Å². The van der Waals surface area contributed by atoms with Crippen LogP contribution in [0.2, 0.25) is 0 Å². The molecule has 73 heavy (non-hydrogen) atoms. The van der Waals surface area contributed by atoms with Crippen molar-refractivity contribution in [3.63, 3.8) is 0 Å². The maximum absolute atomic E-state index is 14.0. The highest BCUT2D eigenvalue weighted by Gasteiger charge is 2.34. The Bertz CT molecular complexity index is 2340. The molecule has 0 saturated heterocycles. The zero-order valence-electron chi connectivity index (χ0n) is 41.3. The number of H-pyrrole nitrogens is 1. The monoisotopic (exact) mass is 1020 g/mol. The highest BCUT2D eigenvalue weighted by molar-refractivity contribution is 5.97. The topological polar surface area (TPSA) is 418 Å². The molecular weight excluding hydrogens is 951 g/mol. The first kappa shape index (κ1) is 59.2. The molecule has 0 fully saturated rings. The van der Waals surface area contributed by atoms with Gasteiger partial charge in [0, 0.05) is 37.7 Å². The van der Waals surface area contributed by atoms with E-state index in [0.717, 1.165) is 5.56 Å². The van der Waals surface area contributed by atoms with E-state index in [-0.39, 0.29) is 62.7 Å². The summed E-state index contributed by atoms with van der Waals surface area (Å²) in [4.78, 5) is 130. The van der Waals surface area contributed by atoms with Gasteiger partial charge in [-0.15, -0.1) is 0 Å². The summed E-state index contributed by atoms with van der Waals surface area (Å²) >= 11 is 0. The number of phenols is 1. The van der Waals surface area contributed by atoms with Crippen molar-refractivity contribution in [2.75, 3.05) is 13.1 Å². The molecule has 1 aromatic heterocycles. The summed E-state index contributed by atoms with van der Waals surface area (Å²) in [6.45, 7) is 6.32. The molecule has 0 spiro atoms. The smallest absolute Gasteiger partial charge is 0.326 e. The molecule has 2 aromatic carbocycles. The van der Waals surface area contributed by atoms with Gasteiger partial charge in [0.25, 0.3) is 0 Å². The molecule has 0 unspecified atom stereocenters. The van der Waals surface area contributed by atoms with Gasteiger partial charge < -0.3 is 74.7 Å². The van der Waals surface area contributed by atoms with E-state index in [1.165, 1.54) is 36.8 Å². The van der Waals surface area contributed by atoms with Gasteiger partial charge in [0.15, 0.2) is 5.96 Å². The summed E-state index contributed by atoms with van der Waals surface area (Å²) in [6, 6.07) is 5.35. The lowest BCUT2D eigenvalue weighted by Gasteiger charge is -2.27. The van der Waals surface area contributed by atoms with E-state index in [2.05, 4.69) is 52.2 Å². The maximum Gasteiger partial charge on any atom is 0.326 e. The molecule has 25 heteroatoms. The third kappa shape index (κ3) is 21.8. The fraction of sp³-hybridized carbons (Fsp3) is 0.479. The van der Waals surface area contributed by atoms with Crippen LogP contribution in [0.25, 0.3) is 0 Å². The molecule has 7 atom stereocenters. The number of carbonyl (C=O) groups excluding carboxylic acids is 7. The number of hydrogen-bond acceptors (Lipinski definition) is 13. The number of imidazole rings is 1. The first-order valence-corrected chi connectivity index (χ1v) is 23.7. The predicted molar refractivity (Wildman–Crippen MR) is 266 cm³/mol. The normalized spacial score (nSPS) is 13.9. The number of aromatic amines is 1. The van der Waals surface area contributed by atoms with Crippen molar-refractivity contribution in [1.29, 1.82) is 0 Å². The Kier molecular flexibility index (Phi) is 24.3. The summed E-state index contributed by atoms with van der Waals surface area (Å²) in [5.74, 6) is -9.45. The SMILES string of the molecule is CC(C)C[C@H](NC(=O)CNC(=O)[C@@H](NC(=O)[C@H](CCCN=C(N)N)NC(=O)[C@@H](N)Cc1ccccc1)C(C)C)C(=O)N[C@@H](Cc1cnc[nH]1)C(=O)N[C@@H](CCC(=O)O)C(=O)N[C@@H](Cc1ccc(O)cc1)C(=O)O. The molecule has 0 radical (unpaired) electrons. The molecule has 25 nitrogen and oxygen atoms in total. The van der Waals surface area contributed by atoms with Crippen molar-refractivity contribution in [2.24, 2.45) is 34.0 Å². The largest absolute Gasteiger partial charge is 0.508 e. The van der Waals surface area contributed by atoms with Gasteiger partial charge in [-0.3, -0.25) is 43.3 Å². The van der Waals surface area contributed by atoms with Crippen LogP contribution in [0.15, 0.2) is 72.1 Å². The number of aromatic nitrogens is 2. The lowest BCUT2D eigenvalue weighted by atomic mass is 10.0. The fourth-order valence-corrected chi connectivity index (χ4v) is 7.27. The van der Waals surface area contributed by atoms with Gasteiger partial charge >= 0.3 is 11.9 Å². The molecule has 1 heterocycles. The molecule has 3 rings (SSSR count). The molecule has 0 bridgehead atoms. The van der Waals surface area contributed by atoms with Crippen LogP contribution < -0.4 is 54.4 Å². The Morgan fingerprint density at radius 3 is 1.82 bits per heavy atom. The number of phenolic OH excluding ortho intramolecular Hbond substituents is 1. The van der Waals surface area contributed by atoms with Crippen molar-refractivity contribution in [2.45, 2.75) is 121 Å². The van der Waals surface area contributed by atoms with Gasteiger partial charge in [0.1, 0.15) is 42.0 Å².